The van der Waals surface area contributed by atoms with E-state index in [2.05, 4.69) is 0 Å². The van der Waals surface area contributed by atoms with Crippen LogP contribution in [0.25, 0.3) is 0 Å². The van der Waals surface area contributed by atoms with Gasteiger partial charge in [-0.3, -0.25) is 0 Å². The molecule has 0 spiro atoms. The minimum atomic E-state index is -5.19. The molecule has 0 aromatic rings. The topological polar surface area (TPSA) is 0 Å². The second-order valence-electron chi connectivity index (χ2n) is 1.07. The molecule has 0 aliphatic heterocycles. The van der Waals surface area contributed by atoms with Crippen molar-refractivity contribution in [2.75, 3.05) is 0 Å². The summed E-state index contributed by atoms with van der Waals surface area (Å²) in [4.78, 5) is 0. The van der Waals surface area contributed by atoms with E-state index in [9.17, 15) is 22.0 Å². The van der Waals surface area contributed by atoms with Crippen LogP contribution >= 0.6 is 22.6 Å². The van der Waals surface area contributed by atoms with Crippen molar-refractivity contribution in [3.05, 3.63) is 9.66 Å². The van der Waals surface area contributed by atoms with E-state index in [1.54, 1.807) is 0 Å². The Bertz CT molecular complexity index is 134. The molecular formula is C3F5IZn. The fraction of sp³-hybridized carbons (Fsp3) is 0.333. The van der Waals surface area contributed by atoms with Crippen LogP contribution in [-0.4, -0.2) is 6.18 Å². The van der Waals surface area contributed by atoms with E-state index in [0.717, 1.165) is 0 Å². The first-order valence-electron chi connectivity index (χ1n) is 1.63. The van der Waals surface area contributed by atoms with E-state index in [1.165, 1.54) is 0 Å². The molecular weight excluding hydrogens is 323 g/mol. The van der Waals surface area contributed by atoms with Crippen LogP contribution in [0.1, 0.15) is 0 Å². The van der Waals surface area contributed by atoms with Crippen molar-refractivity contribution in [2.45, 2.75) is 6.18 Å². The van der Waals surface area contributed by atoms with Crippen LogP contribution < -0.4 is 0 Å². The number of hydrogen-bond acceptors (Lipinski definition) is 0. The number of hydrogen-bond donors (Lipinski definition) is 0. The van der Waals surface area contributed by atoms with Crippen molar-refractivity contribution in [3.63, 3.8) is 0 Å². The number of allylic oxidation sites excluding steroid dienone is 1. The Morgan fingerprint density at radius 3 is 1.40 bits per heavy atom. The predicted octanol–water partition coefficient (Wildman–Crippen LogP) is 3.09. The monoisotopic (exact) mass is 322 g/mol. The molecule has 0 amide bonds. The zero-order valence-electron chi connectivity index (χ0n) is 4.47. The Morgan fingerprint density at radius 1 is 1.10 bits per heavy atom. The fourth-order valence-electron chi connectivity index (χ4n) is 0.107. The first kappa shape index (κ1) is 13.3. The quantitative estimate of drug-likeness (QED) is 0.365. The van der Waals surface area contributed by atoms with E-state index in [1.807, 2.05) is 0 Å². The summed E-state index contributed by atoms with van der Waals surface area (Å²) in [7, 11) is 0. The summed E-state index contributed by atoms with van der Waals surface area (Å²) in [6.45, 7) is 0. The molecule has 0 rings (SSSR count). The van der Waals surface area contributed by atoms with Gasteiger partial charge in [0, 0.05) is 19.5 Å². The summed E-state index contributed by atoms with van der Waals surface area (Å²) in [5, 5.41) is 0. The molecule has 0 atom stereocenters. The van der Waals surface area contributed by atoms with Gasteiger partial charge in [0.05, 0.1) is 0 Å². The van der Waals surface area contributed by atoms with Crippen LogP contribution in [0.4, 0.5) is 22.0 Å². The molecule has 0 fully saturated rings. The largest absolute Gasteiger partial charge is 0.446 e. The molecule has 56 valence electrons. The van der Waals surface area contributed by atoms with E-state index in [4.69, 9.17) is 0 Å². The first-order chi connectivity index (χ1) is 3.85. The minimum absolute atomic E-state index is 0. The van der Waals surface area contributed by atoms with Crippen LogP contribution in [0.5, 0.6) is 0 Å². The van der Waals surface area contributed by atoms with Crippen molar-refractivity contribution in [1.82, 2.24) is 0 Å². The molecule has 0 unspecified atom stereocenters. The number of halogens is 6. The van der Waals surface area contributed by atoms with Gasteiger partial charge in [-0.2, -0.15) is 22.0 Å². The zero-order chi connectivity index (χ0) is 7.65. The first-order valence-corrected chi connectivity index (χ1v) is 2.71. The van der Waals surface area contributed by atoms with Crippen LogP contribution in [-0.2, 0) is 19.5 Å². The van der Waals surface area contributed by atoms with E-state index >= 15 is 0 Å². The molecule has 0 heterocycles. The van der Waals surface area contributed by atoms with Gasteiger partial charge in [0.1, 0.15) is 0 Å². The smallest absolute Gasteiger partial charge is 0.198 e. The van der Waals surface area contributed by atoms with Gasteiger partial charge < -0.3 is 0 Å². The average molecular weight is 323 g/mol. The molecule has 0 radical (unpaired) electrons. The summed E-state index contributed by atoms with van der Waals surface area (Å²) in [5.41, 5.74) is 0. The van der Waals surface area contributed by atoms with Crippen molar-refractivity contribution < 1.29 is 41.4 Å². The third-order valence-electron chi connectivity index (χ3n) is 0.415. The second-order valence-corrected chi connectivity index (χ2v) is 2.02. The van der Waals surface area contributed by atoms with Crippen molar-refractivity contribution in [2.24, 2.45) is 0 Å². The van der Waals surface area contributed by atoms with Crippen molar-refractivity contribution in [1.29, 1.82) is 0 Å². The Morgan fingerprint density at radius 2 is 1.40 bits per heavy atom. The molecule has 0 nitrogen and oxygen atoms in total. The van der Waals surface area contributed by atoms with Gasteiger partial charge in [-0.05, 0) is 22.6 Å². The third kappa shape index (κ3) is 4.54. The van der Waals surface area contributed by atoms with Gasteiger partial charge >= 0.3 is 6.18 Å². The van der Waals surface area contributed by atoms with Crippen LogP contribution in [0.2, 0.25) is 0 Å². The Labute approximate surface area is 79.8 Å². The zero-order valence-corrected chi connectivity index (χ0v) is 9.60. The maximum Gasteiger partial charge on any atom is 0.446 e. The Balaban J connectivity index is 0. The molecule has 0 bridgehead atoms. The molecule has 10 heavy (non-hydrogen) atoms. The van der Waals surface area contributed by atoms with Crippen LogP contribution in [0, 0.1) is 0 Å². The second kappa shape index (κ2) is 4.59. The van der Waals surface area contributed by atoms with Gasteiger partial charge in [0.25, 0.3) is 0 Å². The molecule has 0 aromatic heterocycles. The Kier molecular flexibility index (Phi) is 6.12. The molecule has 0 saturated carbocycles. The van der Waals surface area contributed by atoms with Gasteiger partial charge in [-0.1, -0.05) is 0 Å². The SMILES string of the molecule is F/C(I)=C(/F)C(F)(F)F.[Zn]. The maximum atomic E-state index is 11.4. The number of alkyl halides is 3. The molecule has 0 saturated heterocycles. The summed E-state index contributed by atoms with van der Waals surface area (Å²) in [6, 6.07) is 0. The maximum absolute atomic E-state index is 11.4. The minimum Gasteiger partial charge on any atom is -0.198 e. The van der Waals surface area contributed by atoms with Gasteiger partial charge in [-0.25, -0.2) is 0 Å². The van der Waals surface area contributed by atoms with Gasteiger partial charge in [0.2, 0.25) is 9.66 Å². The summed E-state index contributed by atoms with van der Waals surface area (Å²) >= 11 is 0.612. The molecule has 0 aliphatic rings. The number of rotatable bonds is 0. The molecule has 7 heteroatoms. The molecule has 0 aliphatic carbocycles. The van der Waals surface area contributed by atoms with E-state index in [0.29, 0.717) is 22.6 Å². The normalized spacial score (nSPS) is 13.8. The average Bonchev–Trinajstić information content (AvgIpc) is 1.62. The summed E-state index contributed by atoms with van der Waals surface area (Å²) < 4.78 is 54.0. The van der Waals surface area contributed by atoms with Gasteiger partial charge in [-0.15, -0.1) is 0 Å². The van der Waals surface area contributed by atoms with E-state index in [-0.39, 0.29) is 19.5 Å². The Hall–Kier alpha value is 0.743. The third-order valence-corrected chi connectivity index (χ3v) is 0.888. The molecule has 0 N–H and O–H groups in total. The standard InChI is InChI=1S/C3F5I.Zn/c4-1(2(5)9)3(6,7)8;/b2-1-;. The molecule has 0 aromatic carbocycles. The van der Waals surface area contributed by atoms with Crippen molar-refractivity contribution >= 4 is 22.6 Å². The van der Waals surface area contributed by atoms with Gasteiger partial charge in [0.15, 0.2) is 0 Å². The van der Waals surface area contributed by atoms with Crippen molar-refractivity contribution in [3.8, 4) is 0 Å². The van der Waals surface area contributed by atoms with E-state index < -0.39 is 15.8 Å². The van der Waals surface area contributed by atoms with Crippen LogP contribution in [0.15, 0.2) is 9.66 Å². The summed E-state index contributed by atoms with van der Waals surface area (Å²) in [6.07, 6.45) is -5.19. The summed E-state index contributed by atoms with van der Waals surface area (Å²) in [5.74, 6) is -2.68. The predicted molar refractivity (Wildman–Crippen MR) is 29.3 cm³/mol. The fourth-order valence-corrected chi connectivity index (χ4v) is 0.413. The van der Waals surface area contributed by atoms with Crippen LogP contribution in [0.3, 0.4) is 0 Å².